The highest BCUT2D eigenvalue weighted by atomic mass is 15.1. The van der Waals surface area contributed by atoms with Gasteiger partial charge in [-0.3, -0.25) is 9.13 Å². The number of hydrogen-bond donors (Lipinski definition) is 0. The highest BCUT2D eigenvalue weighted by Crippen LogP contribution is 2.39. The van der Waals surface area contributed by atoms with Crippen molar-refractivity contribution in [2.45, 2.75) is 0 Å². The summed E-state index contributed by atoms with van der Waals surface area (Å²) >= 11 is 0. The lowest BCUT2D eigenvalue weighted by Gasteiger charge is -2.17. The van der Waals surface area contributed by atoms with E-state index in [-0.39, 0.29) is 39.7 Å². The van der Waals surface area contributed by atoms with Gasteiger partial charge in [-0.25, -0.2) is 4.98 Å². The summed E-state index contributed by atoms with van der Waals surface area (Å²) in [7, 11) is 0. The van der Waals surface area contributed by atoms with Crippen LogP contribution in [0.2, 0.25) is 0 Å². The van der Waals surface area contributed by atoms with Crippen LogP contribution in [0.5, 0.6) is 0 Å². The zero-order chi connectivity index (χ0) is 40.4. The number of benzene rings is 7. The largest absolute Gasteiger partial charge is 0.309 e. The maximum Gasteiger partial charge on any atom is 0.140 e. The maximum absolute atomic E-state index is 9.24. The number of fused-ring (bicyclic) bond motifs is 9. The van der Waals surface area contributed by atoms with Crippen LogP contribution in [0, 0.1) is 0 Å². The molecule has 11 aromatic rings. The molecule has 0 aliphatic rings. The summed E-state index contributed by atoms with van der Waals surface area (Å²) in [5, 5.41) is 4.23. The quantitative estimate of drug-likeness (QED) is 0.185. The van der Waals surface area contributed by atoms with Crippen LogP contribution in [-0.4, -0.2) is 18.7 Å². The molecule has 4 aromatic heterocycles. The molecule has 0 N–H and O–H groups in total. The second-order valence-electron chi connectivity index (χ2n) is 12.6. The van der Waals surface area contributed by atoms with E-state index in [0.717, 1.165) is 60.4 Å². The molecule has 7 aromatic carbocycles. The molecule has 4 heteroatoms. The van der Waals surface area contributed by atoms with E-state index >= 15 is 0 Å². The van der Waals surface area contributed by atoms with Gasteiger partial charge in [-0.15, -0.1) is 0 Å². The van der Waals surface area contributed by atoms with Gasteiger partial charge in [-0.2, -0.15) is 0 Å². The van der Waals surface area contributed by atoms with E-state index in [1.54, 1.807) is 0 Å². The third kappa shape index (κ3) is 4.05. The molecule has 0 fully saturated rings. The number of aromatic nitrogens is 4. The summed E-state index contributed by atoms with van der Waals surface area (Å²) in [5.74, 6) is 0.718. The zero-order valence-corrected chi connectivity index (χ0v) is 27.0. The van der Waals surface area contributed by atoms with Gasteiger partial charge in [-0.05, 0) is 60.1 Å². The molecule has 0 amide bonds. The predicted octanol–water partition coefficient (Wildman–Crippen LogP) is 12.0. The minimum atomic E-state index is -0.498. The molecule has 0 radical (unpaired) electrons. The molecule has 4 heterocycles. The van der Waals surface area contributed by atoms with Crippen LogP contribution in [0.15, 0.2) is 182 Å². The second-order valence-corrected chi connectivity index (χ2v) is 12.6. The first-order chi connectivity index (χ1) is 28.7. The van der Waals surface area contributed by atoms with Gasteiger partial charge in [0.25, 0.3) is 0 Å². The SMILES string of the molecule is [2H]c1c([2H])c([2H])c2c(c1[2H])c1c([2H])c([2H])c([2H])c([2H])c1n2-c1cc(-c2ccccc2-n2c3ccccc3c3ccccc32)cc(-n2c3ccccc3c3ccccc32)n1. The standard InChI is InChI=1S/C47H30N4/c1-8-22-39(49-40-23-9-2-16-33(40)34-17-3-10-24-41(34)49)32(15-1)31-29-46(50-42-25-11-4-18-35(42)36-19-5-12-26-43(36)50)48-47(30-31)51-44-27-13-6-20-37(44)38-21-7-14-28-45(38)51/h1-30H/i4D,5D,11D,12D,18D,19D,25D,26D. The van der Waals surface area contributed by atoms with E-state index in [2.05, 4.69) is 51.6 Å². The van der Waals surface area contributed by atoms with Crippen molar-refractivity contribution in [1.29, 1.82) is 0 Å². The Balaban J connectivity index is 1.33. The van der Waals surface area contributed by atoms with E-state index < -0.39 is 36.3 Å². The topological polar surface area (TPSA) is 27.7 Å². The monoisotopic (exact) mass is 658 g/mol. The minimum Gasteiger partial charge on any atom is -0.309 e. The smallest absolute Gasteiger partial charge is 0.140 e. The van der Waals surface area contributed by atoms with Gasteiger partial charge in [0, 0.05) is 37.9 Å². The highest BCUT2D eigenvalue weighted by Gasteiger charge is 2.20. The summed E-state index contributed by atoms with van der Waals surface area (Å²) in [4.78, 5) is 5.30. The van der Waals surface area contributed by atoms with Crippen LogP contribution in [0.1, 0.15) is 11.0 Å². The number of rotatable bonds is 4. The summed E-state index contributed by atoms with van der Waals surface area (Å²) in [5.41, 5.74) is 6.30. The van der Waals surface area contributed by atoms with E-state index in [1.165, 1.54) is 4.57 Å². The zero-order valence-electron chi connectivity index (χ0n) is 35.0. The van der Waals surface area contributed by atoms with E-state index in [1.807, 2.05) is 91.0 Å². The van der Waals surface area contributed by atoms with E-state index in [9.17, 15) is 2.74 Å². The summed E-state index contributed by atoms with van der Waals surface area (Å²) in [6.07, 6.45) is 0. The molecule has 51 heavy (non-hydrogen) atoms. The fraction of sp³-hybridized carbons (Fsp3) is 0. The average Bonchev–Trinajstić information content (AvgIpc) is 3.93. The Morgan fingerprint density at radius 2 is 0.765 bits per heavy atom. The lowest BCUT2D eigenvalue weighted by Crippen LogP contribution is -2.05. The normalized spacial score (nSPS) is 14.1. The minimum absolute atomic E-state index is 0.00528. The molecule has 0 bridgehead atoms. The van der Waals surface area contributed by atoms with E-state index in [4.69, 9.17) is 13.2 Å². The summed E-state index contributed by atoms with van der Waals surface area (Å²) < 4.78 is 77.0. The van der Waals surface area contributed by atoms with Crippen LogP contribution in [0.25, 0.3) is 93.9 Å². The van der Waals surface area contributed by atoms with Crippen LogP contribution in [0.3, 0.4) is 0 Å². The molecular formula is C47H30N4. The Morgan fingerprint density at radius 1 is 0.373 bits per heavy atom. The fourth-order valence-corrected chi connectivity index (χ4v) is 7.80. The third-order valence-electron chi connectivity index (χ3n) is 9.91. The molecule has 4 nitrogen and oxygen atoms in total. The van der Waals surface area contributed by atoms with Gasteiger partial charge in [0.2, 0.25) is 0 Å². The van der Waals surface area contributed by atoms with Crippen LogP contribution in [-0.2, 0) is 0 Å². The Hall–Kier alpha value is -6.91. The van der Waals surface area contributed by atoms with Gasteiger partial charge in [0.1, 0.15) is 11.6 Å². The van der Waals surface area contributed by atoms with Crippen molar-refractivity contribution in [3.05, 3.63) is 182 Å². The van der Waals surface area contributed by atoms with Gasteiger partial charge >= 0.3 is 0 Å². The van der Waals surface area contributed by atoms with Gasteiger partial charge in [0.05, 0.1) is 49.8 Å². The van der Waals surface area contributed by atoms with Crippen molar-refractivity contribution < 1.29 is 11.0 Å². The lowest BCUT2D eigenvalue weighted by molar-refractivity contribution is 1.01. The molecular weight excluding hydrogens is 621 g/mol. The first kappa shape index (κ1) is 21.2. The van der Waals surface area contributed by atoms with Gasteiger partial charge in [-0.1, -0.05) is 127 Å². The van der Waals surface area contributed by atoms with E-state index in [0.29, 0.717) is 5.82 Å². The molecule has 0 spiro atoms. The van der Waals surface area contributed by atoms with Crippen LogP contribution in [0.4, 0.5) is 0 Å². The van der Waals surface area contributed by atoms with Gasteiger partial charge < -0.3 is 4.57 Å². The molecule has 238 valence electrons. The Morgan fingerprint density at radius 3 is 1.27 bits per heavy atom. The number of para-hydroxylation sites is 7. The summed E-state index contributed by atoms with van der Waals surface area (Å²) in [6, 6.07) is 41.1. The Labute approximate surface area is 304 Å². The lowest BCUT2D eigenvalue weighted by atomic mass is 10.0. The molecule has 0 aliphatic heterocycles. The van der Waals surface area contributed by atoms with Crippen molar-refractivity contribution in [2.75, 3.05) is 0 Å². The van der Waals surface area contributed by atoms with Crippen molar-refractivity contribution in [3.8, 4) is 28.5 Å². The van der Waals surface area contributed by atoms with Crippen molar-refractivity contribution in [2.24, 2.45) is 0 Å². The Bertz CT molecular complexity index is 3440. The van der Waals surface area contributed by atoms with Crippen molar-refractivity contribution >= 4 is 65.4 Å². The molecule has 0 saturated carbocycles. The molecule has 0 aliphatic carbocycles. The average molecular weight is 659 g/mol. The van der Waals surface area contributed by atoms with Crippen molar-refractivity contribution in [1.82, 2.24) is 18.7 Å². The molecule has 0 unspecified atom stereocenters. The second kappa shape index (κ2) is 10.8. The first-order valence-corrected chi connectivity index (χ1v) is 16.8. The van der Waals surface area contributed by atoms with Crippen LogP contribution < -0.4 is 0 Å². The predicted molar refractivity (Wildman–Crippen MR) is 213 cm³/mol. The number of hydrogen-bond acceptors (Lipinski definition) is 1. The van der Waals surface area contributed by atoms with Crippen molar-refractivity contribution in [3.63, 3.8) is 0 Å². The highest BCUT2D eigenvalue weighted by molar-refractivity contribution is 6.11. The molecule has 11 rings (SSSR count). The fourth-order valence-electron chi connectivity index (χ4n) is 7.80. The van der Waals surface area contributed by atoms with Crippen LogP contribution >= 0.6 is 0 Å². The third-order valence-corrected chi connectivity index (χ3v) is 9.91. The maximum atomic E-state index is 9.24. The number of pyridine rings is 1. The Kier molecular flexibility index (Phi) is 4.49. The summed E-state index contributed by atoms with van der Waals surface area (Å²) in [6.45, 7) is 0. The molecule has 0 atom stereocenters. The van der Waals surface area contributed by atoms with Gasteiger partial charge in [0.15, 0.2) is 0 Å². The first-order valence-electron chi connectivity index (χ1n) is 20.8. The molecule has 0 saturated heterocycles. The number of nitrogens with zero attached hydrogens (tertiary/aromatic N) is 4.